The number of rotatable bonds is 6. The first-order valence-electron chi connectivity index (χ1n) is 12.6. The molecule has 8 nitrogen and oxygen atoms in total. The summed E-state index contributed by atoms with van der Waals surface area (Å²) in [5, 5.41) is 1.03. The van der Waals surface area contributed by atoms with Gasteiger partial charge in [-0.2, -0.15) is 4.68 Å². The number of amides is 1. The Morgan fingerprint density at radius 3 is 1.98 bits per heavy atom. The van der Waals surface area contributed by atoms with Gasteiger partial charge in [-0.1, -0.05) is 60.7 Å². The highest BCUT2D eigenvalue weighted by Crippen LogP contribution is 2.29. The van der Waals surface area contributed by atoms with E-state index in [4.69, 9.17) is 19.4 Å². The quantitative estimate of drug-likeness (QED) is 0.299. The van der Waals surface area contributed by atoms with E-state index in [9.17, 15) is 9.59 Å². The van der Waals surface area contributed by atoms with Crippen LogP contribution in [0.1, 0.15) is 10.4 Å². The van der Waals surface area contributed by atoms with Gasteiger partial charge < -0.3 is 9.47 Å². The number of aromatic nitrogens is 3. The lowest BCUT2D eigenvalue weighted by Crippen LogP contribution is -2.35. The molecule has 0 aliphatic heterocycles. The van der Waals surface area contributed by atoms with Crippen LogP contribution in [0.5, 0.6) is 11.5 Å². The number of benzene rings is 4. The van der Waals surface area contributed by atoms with Crippen LogP contribution in [0.15, 0.2) is 108 Å². The average Bonchev–Trinajstić information content (AvgIpc) is 3.01. The number of methoxy groups -OCH3 is 2. The number of carbonyl (C=O) groups excluding carboxylic acids is 1. The predicted octanol–water partition coefficient (Wildman–Crippen LogP) is 5.68. The molecule has 0 fully saturated rings. The van der Waals surface area contributed by atoms with E-state index in [0.717, 1.165) is 5.56 Å². The lowest BCUT2D eigenvalue weighted by atomic mass is 10.0. The number of fused-ring (bicyclic) bond motifs is 2. The van der Waals surface area contributed by atoms with Crippen LogP contribution < -0.4 is 20.5 Å². The summed E-state index contributed by atoms with van der Waals surface area (Å²) >= 11 is 0. The van der Waals surface area contributed by atoms with Crippen LogP contribution >= 0.6 is 0 Å². The van der Waals surface area contributed by atoms with E-state index in [1.54, 1.807) is 56.7 Å². The van der Waals surface area contributed by atoms with Crippen molar-refractivity contribution in [1.29, 1.82) is 0 Å². The van der Waals surface area contributed by atoms with Gasteiger partial charge in [-0.05, 0) is 36.4 Å². The van der Waals surface area contributed by atoms with Crippen molar-refractivity contribution < 1.29 is 14.3 Å². The zero-order valence-electron chi connectivity index (χ0n) is 21.8. The normalized spacial score (nSPS) is 10.9. The molecule has 40 heavy (non-hydrogen) atoms. The van der Waals surface area contributed by atoms with Crippen molar-refractivity contribution in [2.45, 2.75) is 0 Å². The molecular formula is C32H24N4O4. The number of hydrogen-bond donors (Lipinski definition) is 1. The number of hydrogen-bond acceptors (Lipinski definition) is 6. The summed E-state index contributed by atoms with van der Waals surface area (Å²) < 4.78 is 12.1. The molecule has 6 rings (SSSR count). The maximum absolute atomic E-state index is 14.0. The van der Waals surface area contributed by atoms with Gasteiger partial charge >= 0.3 is 0 Å². The van der Waals surface area contributed by atoms with Gasteiger partial charge in [0.05, 0.1) is 41.9 Å². The largest absolute Gasteiger partial charge is 0.497 e. The first kappa shape index (κ1) is 24.8. The molecule has 0 saturated heterocycles. The van der Waals surface area contributed by atoms with Crippen LogP contribution in [-0.4, -0.2) is 34.8 Å². The van der Waals surface area contributed by atoms with E-state index >= 15 is 0 Å². The third-order valence-electron chi connectivity index (χ3n) is 6.63. The number of para-hydroxylation sites is 2. The molecule has 1 N–H and O–H groups in total. The SMILES string of the molecule is COc1cc(OC)cc(-c2nc3ccccc3c(=O)n2NC(=O)c2cc(-c3ccccc3)nc3ccccc23)c1. The van der Waals surface area contributed by atoms with Crippen molar-refractivity contribution in [2.75, 3.05) is 19.6 Å². The molecule has 0 atom stereocenters. The molecule has 1 amide bonds. The zero-order chi connectivity index (χ0) is 27.6. The van der Waals surface area contributed by atoms with Crippen LogP contribution in [-0.2, 0) is 0 Å². The van der Waals surface area contributed by atoms with E-state index < -0.39 is 11.5 Å². The molecule has 0 saturated carbocycles. The van der Waals surface area contributed by atoms with Crippen LogP contribution in [0, 0.1) is 0 Å². The molecule has 2 aromatic heterocycles. The summed E-state index contributed by atoms with van der Waals surface area (Å²) in [6.07, 6.45) is 0. The summed E-state index contributed by atoms with van der Waals surface area (Å²) in [5.74, 6) is 0.784. The Kier molecular flexibility index (Phi) is 6.41. The minimum atomic E-state index is -0.480. The number of nitrogens with one attached hydrogen (secondary N) is 1. The second kappa shape index (κ2) is 10.3. The summed E-state index contributed by atoms with van der Waals surface area (Å²) in [5.41, 5.74) is 5.99. The first-order valence-corrected chi connectivity index (χ1v) is 12.6. The van der Waals surface area contributed by atoms with E-state index in [1.165, 1.54) is 4.68 Å². The van der Waals surface area contributed by atoms with Gasteiger partial charge in [-0.3, -0.25) is 15.0 Å². The minimum absolute atomic E-state index is 0.232. The van der Waals surface area contributed by atoms with E-state index in [0.29, 0.717) is 50.1 Å². The number of ether oxygens (including phenoxy) is 2. The molecule has 6 aromatic rings. The van der Waals surface area contributed by atoms with Gasteiger partial charge in [0.25, 0.3) is 11.5 Å². The summed E-state index contributed by atoms with van der Waals surface area (Å²) in [7, 11) is 3.08. The molecule has 0 aliphatic rings. The number of carbonyl (C=O) groups is 1. The Labute approximate surface area is 229 Å². The third-order valence-corrected chi connectivity index (χ3v) is 6.63. The lowest BCUT2D eigenvalue weighted by molar-refractivity contribution is 0.101. The van der Waals surface area contributed by atoms with Gasteiger partial charge in [-0.25, -0.2) is 9.97 Å². The second-order valence-corrected chi connectivity index (χ2v) is 9.07. The van der Waals surface area contributed by atoms with Crippen LogP contribution in [0.25, 0.3) is 44.5 Å². The Morgan fingerprint density at radius 1 is 0.700 bits per heavy atom. The molecule has 2 heterocycles. The van der Waals surface area contributed by atoms with Gasteiger partial charge in [0.1, 0.15) is 11.5 Å². The fraction of sp³-hybridized carbons (Fsp3) is 0.0625. The standard InChI is InChI=1S/C32H24N4O4/c1-39-22-16-21(17-23(18-22)40-2)30-34-28-15-9-7-13-25(28)32(38)36(30)35-31(37)26-19-29(20-10-4-3-5-11-20)33-27-14-8-6-12-24(26)27/h3-19H,1-2H3,(H,35,37). The zero-order valence-corrected chi connectivity index (χ0v) is 21.8. The smallest absolute Gasteiger partial charge is 0.280 e. The summed E-state index contributed by atoms with van der Waals surface area (Å²) in [6.45, 7) is 0. The Balaban J connectivity index is 1.54. The number of nitrogens with zero attached hydrogens (tertiary/aromatic N) is 3. The Morgan fingerprint density at radius 2 is 1.30 bits per heavy atom. The fourth-order valence-corrected chi connectivity index (χ4v) is 4.65. The molecule has 0 aliphatic carbocycles. The number of pyridine rings is 1. The molecule has 196 valence electrons. The van der Waals surface area contributed by atoms with Gasteiger partial charge in [0, 0.05) is 22.6 Å². The molecule has 0 bridgehead atoms. The van der Waals surface area contributed by atoms with Crippen molar-refractivity contribution in [3.05, 3.63) is 119 Å². The molecular weight excluding hydrogens is 504 g/mol. The highest BCUT2D eigenvalue weighted by molar-refractivity contribution is 6.10. The highest BCUT2D eigenvalue weighted by Gasteiger charge is 2.20. The van der Waals surface area contributed by atoms with Crippen LogP contribution in [0.3, 0.4) is 0 Å². The van der Waals surface area contributed by atoms with Crippen LogP contribution in [0.4, 0.5) is 0 Å². The van der Waals surface area contributed by atoms with Crippen molar-refractivity contribution in [1.82, 2.24) is 14.6 Å². The van der Waals surface area contributed by atoms with Gasteiger partial charge in [0.15, 0.2) is 5.82 Å². The van der Waals surface area contributed by atoms with Crippen LogP contribution in [0.2, 0.25) is 0 Å². The van der Waals surface area contributed by atoms with Crippen molar-refractivity contribution >= 4 is 27.7 Å². The molecule has 0 radical (unpaired) electrons. The Hall–Kier alpha value is -5.50. The summed E-state index contributed by atoms with van der Waals surface area (Å²) in [4.78, 5) is 37.3. The van der Waals surface area contributed by atoms with E-state index in [2.05, 4.69) is 5.43 Å². The van der Waals surface area contributed by atoms with Gasteiger partial charge in [-0.15, -0.1) is 0 Å². The van der Waals surface area contributed by atoms with Gasteiger partial charge in [0.2, 0.25) is 0 Å². The lowest BCUT2D eigenvalue weighted by Gasteiger charge is -2.17. The molecule has 4 aromatic carbocycles. The monoisotopic (exact) mass is 528 g/mol. The molecule has 0 unspecified atom stereocenters. The van der Waals surface area contributed by atoms with E-state index in [-0.39, 0.29) is 5.82 Å². The maximum atomic E-state index is 14.0. The average molecular weight is 529 g/mol. The van der Waals surface area contributed by atoms with E-state index in [1.807, 2.05) is 60.7 Å². The predicted molar refractivity (Wildman–Crippen MR) is 155 cm³/mol. The third kappa shape index (κ3) is 4.52. The van der Waals surface area contributed by atoms with Crippen molar-refractivity contribution in [2.24, 2.45) is 0 Å². The van der Waals surface area contributed by atoms with Crippen molar-refractivity contribution in [3.8, 4) is 34.1 Å². The topological polar surface area (TPSA) is 95.3 Å². The molecule has 8 heteroatoms. The first-order chi connectivity index (χ1) is 19.6. The van der Waals surface area contributed by atoms with Crippen molar-refractivity contribution in [3.63, 3.8) is 0 Å². The minimum Gasteiger partial charge on any atom is -0.497 e. The second-order valence-electron chi connectivity index (χ2n) is 9.07. The Bertz CT molecular complexity index is 1930. The fourth-order valence-electron chi connectivity index (χ4n) is 4.65. The highest BCUT2D eigenvalue weighted by atomic mass is 16.5. The maximum Gasteiger partial charge on any atom is 0.280 e. The summed E-state index contributed by atoms with van der Waals surface area (Å²) in [6, 6.07) is 31.0. The molecule has 0 spiro atoms.